The van der Waals surface area contributed by atoms with Crippen molar-refractivity contribution in [1.29, 1.82) is 0 Å². The zero-order valence-electron chi connectivity index (χ0n) is 12.5. The molecule has 0 aliphatic heterocycles. The smallest absolute Gasteiger partial charge is 0.273 e. The normalized spacial score (nSPS) is 11.8. The van der Waals surface area contributed by atoms with Crippen molar-refractivity contribution in [2.45, 2.75) is 12.1 Å². The molecule has 0 aliphatic rings. The predicted octanol–water partition coefficient (Wildman–Crippen LogP) is 0.389. The first-order chi connectivity index (χ1) is 11.2. The fourth-order valence-corrected chi connectivity index (χ4v) is 2.64. The molecule has 0 radical (unpaired) electrons. The van der Waals surface area contributed by atoms with E-state index < -0.39 is 19.9 Å². The van der Waals surface area contributed by atoms with Gasteiger partial charge in [0, 0.05) is 23.4 Å². The minimum atomic E-state index is -3.67. The van der Waals surface area contributed by atoms with Crippen molar-refractivity contribution in [3.63, 3.8) is 0 Å². The van der Waals surface area contributed by atoms with Crippen LogP contribution in [0.25, 0.3) is 17.2 Å². The van der Waals surface area contributed by atoms with E-state index in [1.165, 1.54) is 12.1 Å². The Morgan fingerprint density at radius 2 is 1.96 bits per heavy atom. The third kappa shape index (κ3) is 2.52. The molecular formula is C12H11N7O4S. The van der Waals surface area contributed by atoms with E-state index in [0.29, 0.717) is 11.1 Å². The molecule has 0 aliphatic carbocycles. The molecule has 3 aromatic rings. The molecule has 3 rings (SSSR count). The molecule has 24 heavy (non-hydrogen) atoms. The lowest BCUT2D eigenvalue weighted by molar-refractivity contribution is -0.385. The second-order valence-corrected chi connectivity index (χ2v) is 6.90. The summed E-state index contributed by atoms with van der Waals surface area (Å²) in [5, 5.41) is 14.7. The van der Waals surface area contributed by atoms with E-state index in [4.69, 9.17) is 5.73 Å². The van der Waals surface area contributed by atoms with Crippen LogP contribution in [0.4, 0.5) is 11.6 Å². The van der Waals surface area contributed by atoms with Crippen LogP contribution in [-0.4, -0.2) is 44.2 Å². The Labute approximate surface area is 135 Å². The highest BCUT2D eigenvalue weighted by atomic mass is 32.2. The molecule has 0 unspecified atom stereocenters. The number of hydrogen-bond donors (Lipinski definition) is 1. The number of benzene rings is 1. The maximum Gasteiger partial charge on any atom is 0.273 e. The number of fused-ring (bicyclic) bond motifs is 1. The minimum absolute atomic E-state index is 0.0659. The Morgan fingerprint density at radius 3 is 2.58 bits per heavy atom. The maximum atomic E-state index is 11.6. The molecule has 12 heteroatoms. The lowest BCUT2D eigenvalue weighted by Crippen LogP contribution is -2.11. The van der Waals surface area contributed by atoms with Gasteiger partial charge in [-0.15, -0.1) is 5.10 Å². The highest BCUT2D eigenvalue weighted by molar-refractivity contribution is 7.90. The zero-order chi connectivity index (χ0) is 17.6. The predicted molar refractivity (Wildman–Crippen MR) is 82.9 cm³/mol. The van der Waals surface area contributed by atoms with Crippen LogP contribution in [0.1, 0.15) is 5.56 Å². The Bertz CT molecular complexity index is 1090. The van der Waals surface area contributed by atoms with Gasteiger partial charge in [-0.2, -0.15) is 19.5 Å². The Balaban J connectivity index is 2.25. The second kappa shape index (κ2) is 5.19. The number of nitrogen functional groups attached to an aromatic ring is 1. The average molecular weight is 349 g/mol. The third-order valence-corrected chi connectivity index (χ3v) is 4.13. The van der Waals surface area contributed by atoms with Crippen molar-refractivity contribution >= 4 is 27.3 Å². The van der Waals surface area contributed by atoms with Crippen molar-refractivity contribution in [2.24, 2.45) is 0 Å². The second-order valence-electron chi connectivity index (χ2n) is 4.99. The molecule has 0 atom stereocenters. The van der Waals surface area contributed by atoms with Crippen molar-refractivity contribution in [2.75, 3.05) is 12.0 Å². The summed E-state index contributed by atoms with van der Waals surface area (Å²) in [6.45, 7) is 1.57. The van der Waals surface area contributed by atoms with Crippen molar-refractivity contribution in [3.8, 4) is 11.4 Å². The first-order valence-electron chi connectivity index (χ1n) is 6.53. The molecule has 2 N–H and O–H groups in total. The van der Waals surface area contributed by atoms with Crippen LogP contribution in [0.15, 0.2) is 23.4 Å². The zero-order valence-corrected chi connectivity index (χ0v) is 13.4. The third-order valence-electron chi connectivity index (χ3n) is 3.29. The standard InChI is InChI=1S/C12H11N7O4S/c1-6-7(4-3-5-8(6)19(20)21)9-14-11-16-12(24(2,22)23)15-10(13)18(11)17-9/h3-5H,1-2H3,(H2,13,14,15,16,17). The molecule has 2 heterocycles. The molecule has 0 saturated heterocycles. The minimum Gasteiger partial charge on any atom is -0.368 e. The van der Waals surface area contributed by atoms with Gasteiger partial charge in [-0.3, -0.25) is 10.1 Å². The summed E-state index contributed by atoms with van der Waals surface area (Å²) in [6.07, 6.45) is 0.945. The number of nitro groups is 1. The Morgan fingerprint density at radius 1 is 1.25 bits per heavy atom. The van der Waals surface area contributed by atoms with Gasteiger partial charge in [0.1, 0.15) is 0 Å². The van der Waals surface area contributed by atoms with Crippen LogP contribution in [0.2, 0.25) is 0 Å². The Kier molecular flexibility index (Phi) is 3.41. The van der Waals surface area contributed by atoms with E-state index in [2.05, 4.69) is 20.1 Å². The molecule has 11 nitrogen and oxygen atoms in total. The first-order valence-corrected chi connectivity index (χ1v) is 8.42. The highest BCUT2D eigenvalue weighted by Gasteiger charge is 2.20. The monoisotopic (exact) mass is 349 g/mol. The maximum absolute atomic E-state index is 11.6. The van der Waals surface area contributed by atoms with Crippen LogP contribution < -0.4 is 5.73 Å². The molecule has 124 valence electrons. The van der Waals surface area contributed by atoms with E-state index in [1.54, 1.807) is 13.0 Å². The largest absolute Gasteiger partial charge is 0.368 e. The number of nitro benzene ring substituents is 1. The highest BCUT2D eigenvalue weighted by Crippen LogP contribution is 2.28. The fraction of sp³-hybridized carbons (Fsp3) is 0.167. The molecule has 0 saturated carbocycles. The van der Waals surface area contributed by atoms with Gasteiger partial charge in [0.2, 0.25) is 15.8 Å². The molecule has 0 bridgehead atoms. The van der Waals surface area contributed by atoms with Crippen molar-refractivity contribution in [1.82, 2.24) is 24.6 Å². The summed E-state index contributed by atoms with van der Waals surface area (Å²) in [5.74, 6) is -0.144. The van der Waals surface area contributed by atoms with Gasteiger partial charge in [-0.1, -0.05) is 12.1 Å². The fourth-order valence-electron chi connectivity index (χ4n) is 2.13. The van der Waals surface area contributed by atoms with Gasteiger partial charge in [0.25, 0.3) is 16.6 Å². The van der Waals surface area contributed by atoms with E-state index in [1.807, 2.05) is 0 Å². The van der Waals surface area contributed by atoms with E-state index >= 15 is 0 Å². The molecule has 2 aromatic heterocycles. The van der Waals surface area contributed by atoms with Gasteiger partial charge in [-0.25, -0.2) is 8.42 Å². The summed E-state index contributed by atoms with van der Waals surface area (Å²) >= 11 is 0. The van der Waals surface area contributed by atoms with Gasteiger partial charge in [0.05, 0.1) is 4.92 Å². The van der Waals surface area contributed by atoms with Crippen LogP contribution in [0.3, 0.4) is 0 Å². The molecule has 0 spiro atoms. The number of rotatable bonds is 3. The molecule has 0 amide bonds. The summed E-state index contributed by atoms with van der Waals surface area (Å²) in [7, 11) is -3.67. The number of nitrogens with two attached hydrogens (primary N) is 1. The molecular weight excluding hydrogens is 338 g/mol. The SMILES string of the molecule is Cc1c(-c2nc3nc(S(C)(=O)=O)nc(N)n3n2)cccc1[N+](=O)[O-]. The quantitative estimate of drug-likeness (QED) is 0.521. The van der Waals surface area contributed by atoms with E-state index in [9.17, 15) is 18.5 Å². The molecule has 0 fully saturated rings. The number of nitrogens with zero attached hydrogens (tertiary/aromatic N) is 6. The lowest BCUT2D eigenvalue weighted by Gasteiger charge is -2.01. The lowest BCUT2D eigenvalue weighted by atomic mass is 10.1. The van der Waals surface area contributed by atoms with Gasteiger partial charge in [0.15, 0.2) is 5.82 Å². The number of anilines is 1. The summed E-state index contributed by atoms with van der Waals surface area (Å²) in [5.41, 5.74) is 6.40. The van der Waals surface area contributed by atoms with Gasteiger partial charge in [-0.05, 0) is 6.92 Å². The van der Waals surface area contributed by atoms with Crippen LogP contribution in [-0.2, 0) is 9.84 Å². The first kappa shape index (κ1) is 15.7. The summed E-state index contributed by atoms with van der Waals surface area (Å²) < 4.78 is 24.2. The average Bonchev–Trinajstić information content (AvgIpc) is 2.90. The summed E-state index contributed by atoms with van der Waals surface area (Å²) in [4.78, 5) is 22.1. The van der Waals surface area contributed by atoms with Crippen LogP contribution in [0.5, 0.6) is 0 Å². The number of sulfone groups is 1. The van der Waals surface area contributed by atoms with E-state index in [-0.39, 0.29) is 23.2 Å². The van der Waals surface area contributed by atoms with Gasteiger partial charge < -0.3 is 5.73 Å². The van der Waals surface area contributed by atoms with Gasteiger partial charge >= 0.3 is 0 Å². The number of hydrogen-bond acceptors (Lipinski definition) is 9. The Hall–Kier alpha value is -3.15. The van der Waals surface area contributed by atoms with Crippen molar-refractivity contribution in [3.05, 3.63) is 33.9 Å². The molecule has 1 aromatic carbocycles. The topological polar surface area (TPSA) is 159 Å². The van der Waals surface area contributed by atoms with E-state index in [0.717, 1.165) is 10.8 Å². The van der Waals surface area contributed by atoms with Crippen LogP contribution >= 0.6 is 0 Å². The van der Waals surface area contributed by atoms with Crippen LogP contribution in [0, 0.1) is 17.0 Å². The van der Waals surface area contributed by atoms with Crippen molar-refractivity contribution < 1.29 is 13.3 Å². The summed E-state index contributed by atoms with van der Waals surface area (Å²) in [6, 6.07) is 4.48. The number of aromatic nitrogens is 5.